The van der Waals surface area contributed by atoms with Crippen LogP contribution in [0.5, 0.6) is 0 Å². The molecule has 0 radical (unpaired) electrons. The summed E-state index contributed by atoms with van der Waals surface area (Å²) in [5.41, 5.74) is 6.15. The fourth-order valence-electron chi connectivity index (χ4n) is 3.03. The van der Waals surface area contributed by atoms with Crippen molar-refractivity contribution in [2.45, 2.75) is 63.2 Å². The van der Waals surface area contributed by atoms with Gasteiger partial charge in [-0.05, 0) is 49.1 Å². The van der Waals surface area contributed by atoms with Crippen molar-refractivity contribution in [1.29, 1.82) is 0 Å². The van der Waals surface area contributed by atoms with Gasteiger partial charge < -0.3 is 0 Å². The molecular weight excluding hydrogens is 264 g/mol. The molecule has 1 aromatic rings. The molecule has 0 saturated heterocycles. The Bertz CT molecular complexity index is 408. The van der Waals surface area contributed by atoms with Gasteiger partial charge in [0.15, 0.2) is 0 Å². The van der Waals surface area contributed by atoms with Gasteiger partial charge in [0.1, 0.15) is 0 Å². The average Bonchev–Trinajstić information content (AvgIpc) is 2.51. The topological polar surface area (TPSA) is 38.0 Å². The summed E-state index contributed by atoms with van der Waals surface area (Å²) >= 11 is 2.04. The maximum Gasteiger partial charge on any atom is 0.0307 e. The SMILES string of the molecule is CCC(C)SCC(CC1CCCc2ccccc21)NN. The summed E-state index contributed by atoms with van der Waals surface area (Å²) in [5, 5.41) is 0.726. The minimum atomic E-state index is 0.421. The Morgan fingerprint density at radius 1 is 1.40 bits per heavy atom. The van der Waals surface area contributed by atoms with E-state index in [4.69, 9.17) is 5.84 Å². The minimum absolute atomic E-state index is 0.421. The molecule has 0 heterocycles. The third-order valence-corrected chi connectivity index (χ3v) is 5.95. The van der Waals surface area contributed by atoms with Crippen molar-refractivity contribution in [3.63, 3.8) is 0 Å². The maximum atomic E-state index is 5.77. The lowest BCUT2D eigenvalue weighted by Crippen LogP contribution is -2.39. The van der Waals surface area contributed by atoms with Crippen LogP contribution in [0.3, 0.4) is 0 Å². The largest absolute Gasteiger partial charge is 0.271 e. The lowest BCUT2D eigenvalue weighted by atomic mass is 9.80. The van der Waals surface area contributed by atoms with Crippen LogP contribution in [0.4, 0.5) is 0 Å². The van der Waals surface area contributed by atoms with Crippen molar-refractivity contribution in [1.82, 2.24) is 5.43 Å². The summed E-state index contributed by atoms with van der Waals surface area (Å²) in [6.07, 6.45) is 6.26. The molecule has 0 aliphatic heterocycles. The molecule has 3 heteroatoms. The number of hydrogen-bond donors (Lipinski definition) is 2. The third kappa shape index (κ3) is 4.24. The van der Waals surface area contributed by atoms with Gasteiger partial charge in [-0.15, -0.1) is 0 Å². The van der Waals surface area contributed by atoms with Crippen LogP contribution < -0.4 is 11.3 Å². The second-order valence-electron chi connectivity index (χ2n) is 5.94. The smallest absolute Gasteiger partial charge is 0.0307 e. The lowest BCUT2D eigenvalue weighted by Gasteiger charge is -2.29. The molecule has 0 aromatic heterocycles. The minimum Gasteiger partial charge on any atom is -0.271 e. The van der Waals surface area contributed by atoms with Gasteiger partial charge in [-0.3, -0.25) is 11.3 Å². The number of hydrogen-bond acceptors (Lipinski definition) is 3. The van der Waals surface area contributed by atoms with Crippen molar-refractivity contribution in [3.8, 4) is 0 Å². The van der Waals surface area contributed by atoms with E-state index in [-0.39, 0.29) is 0 Å². The van der Waals surface area contributed by atoms with Crippen molar-refractivity contribution in [3.05, 3.63) is 35.4 Å². The van der Waals surface area contributed by atoms with Crippen LogP contribution in [0.15, 0.2) is 24.3 Å². The van der Waals surface area contributed by atoms with E-state index in [0.717, 1.165) is 17.4 Å². The summed E-state index contributed by atoms with van der Waals surface area (Å²) in [6.45, 7) is 4.55. The van der Waals surface area contributed by atoms with E-state index < -0.39 is 0 Å². The lowest BCUT2D eigenvalue weighted by molar-refractivity contribution is 0.440. The Labute approximate surface area is 127 Å². The Morgan fingerprint density at radius 2 is 2.20 bits per heavy atom. The van der Waals surface area contributed by atoms with E-state index in [1.165, 1.54) is 25.7 Å². The van der Waals surface area contributed by atoms with Crippen LogP contribution in [-0.4, -0.2) is 17.0 Å². The van der Waals surface area contributed by atoms with Crippen LogP contribution in [0.2, 0.25) is 0 Å². The Kier molecular flexibility index (Phi) is 6.40. The molecule has 20 heavy (non-hydrogen) atoms. The van der Waals surface area contributed by atoms with E-state index in [0.29, 0.717) is 12.0 Å². The molecule has 112 valence electrons. The molecule has 0 spiro atoms. The number of nitrogens with one attached hydrogen (secondary N) is 1. The molecule has 0 saturated carbocycles. The molecule has 0 amide bonds. The summed E-state index contributed by atoms with van der Waals surface area (Å²) < 4.78 is 0. The number of benzene rings is 1. The summed E-state index contributed by atoms with van der Waals surface area (Å²) in [6, 6.07) is 9.37. The molecule has 2 rings (SSSR count). The van der Waals surface area contributed by atoms with Crippen LogP contribution >= 0.6 is 11.8 Å². The Morgan fingerprint density at radius 3 is 2.95 bits per heavy atom. The van der Waals surface area contributed by atoms with Gasteiger partial charge in [-0.1, -0.05) is 38.1 Å². The highest BCUT2D eigenvalue weighted by molar-refractivity contribution is 7.99. The van der Waals surface area contributed by atoms with Crippen molar-refractivity contribution >= 4 is 11.8 Å². The number of hydrazine groups is 1. The molecule has 1 aliphatic carbocycles. The monoisotopic (exact) mass is 292 g/mol. The van der Waals surface area contributed by atoms with E-state index in [9.17, 15) is 0 Å². The van der Waals surface area contributed by atoms with Gasteiger partial charge in [-0.2, -0.15) is 11.8 Å². The fourth-order valence-corrected chi connectivity index (χ4v) is 4.05. The summed E-state index contributed by atoms with van der Waals surface area (Å²) in [4.78, 5) is 0. The zero-order valence-corrected chi connectivity index (χ0v) is 13.6. The van der Waals surface area contributed by atoms with Crippen LogP contribution in [0, 0.1) is 0 Å². The maximum absolute atomic E-state index is 5.77. The zero-order chi connectivity index (χ0) is 14.4. The second kappa shape index (κ2) is 8.06. The van der Waals surface area contributed by atoms with Gasteiger partial charge in [-0.25, -0.2) is 0 Å². The van der Waals surface area contributed by atoms with Crippen LogP contribution in [0.1, 0.15) is 56.6 Å². The van der Waals surface area contributed by atoms with Gasteiger partial charge in [0.2, 0.25) is 0 Å². The quantitative estimate of drug-likeness (QED) is 0.592. The number of rotatable bonds is 7. The number of nitrogens with two attached hydrogens (primary N) is 1. The predicted molar refractivity (Wildman–Crippen MR) is 90.1 cm³/mol. The Balaban J connectivity index is 1.95. The number of fused-ring (bicyclic) bond motifs is 1. The van der Waals surface area contributed by atoms with E-state index in [1.54, 1.807) is 11.1 Å². The molecule has 1 aliphatic rings. The molecule has 1 aromatic carbocycles. The standard InChI is InChI=1S/C17H28N2S/c1-3-13(2)20-12-16(19-18)11-15-9-6-8-14-7-4-5-10-17(14)15/h4-5,7,10,13,15-16,19H,3,6,8-9,11-12,18H2,1-2H3. The molecule has 2 nitrogen and oxygen atoms in total. The van der Waals surface area contributed by atoms with E-state index in [2.05, 4.69) is 43.5 Å². The third-order valence-electron chi connectivity index (χ3n) is 4.46. The summed E-state index contributed by atoms with van der Waals surface area (Å²) in [7, 11) is 0. The molecular formula is C17H28N2S. The first kappa shape index (κ1) is 15.9. The van der Waals surface area contributed by atoms with Gasteiger partial charge in [0, 0.05) is 17.0 Å². The van der Waals surface area contributed by atoms with E-state index >= 15 is 0 Å². The first-order valence-corrected chi connectivity index (χ1v) is 8.95. The molecule has 0 fully saturated rings. The van der Waals surface area contributed by atoms with Gasteiger partial charge in [0.05, 0.1) is 0 Å². The zero-order valence-electron chi connectivity index (χ0n) is 12.8. The summed E-state index contributed by atoms with van der Waals surface area (Å²) in [5.74, 6) is 7.57. The second-order valence-corrected chi connectivity index (χ2v) is 7.41. The van der Waals surface area contributed by atoms with Crippen LogP contribution in [0.25, 0.3) is 0 Å². The predicted octanol–water partition coefficient (Wildman–Crippen LogP) is 3.86. The highest BCUT2D eigenvalue weighted by atomic mass is 32.2. The molecule has 3 atom stereocenters. The number of aryl methyl sites for hydroxylation is 1. The van der Waals surface area contributed by atoms with Crippen molar-refractivity contribution < 1.29 is 0 Å². The van der Waals surface area contributed by atoms with Gasteiger partial charge >= 0.3 is 0 Å². The van der Waals surface area contributed by atoms with Crippen LogP contribution in [-0.2, 0) is 6.42 Å². The Hall–Kier alpha value is -0.510. The molecule has 3 N–H and O–H groups in total. The highest BCUT2D eigenvalue weighted by Gasteiger charge is 2.23. The fraction of sp³-hybridized carbons (Fsp3) is 0.647. The molecule has 3 unspecified atom stereocenters. The normalized spacial score (nSPS) is 21.2. The number of thioether (sulfide) groups is 1. The first-order valence-electron chi connectivity index (χ1n) is 7.90. The van der Waals surface area contributed by atoms with Crippen molar-refractivity contribution in [2.75, 3.05) is 5.75 Å². The highest BCUT2D eigenvalue weighted by Crippen LogP contribution is 2.35. The first-order chi connectivity index (χ1) is 9.74. The van der Waals surface area contributed by atoms with Gasteiger partial charge in [0.25, 0.3) is 0 Å². The average molecular weight is 292 g/mol. The molecule has 0 bridgehead atoms. The van der Waals surface area contributed by atoms with E-state index in [1.807, 2.05) is 11.8 Å². The van der Waals surface area contributed by atoms with Crippen molar-refractivity contribution in [2.24, 2.45) is 5.84 Å².